The number of unbranched alkanes of at least 4 members (excludes halogenated alkanes) is 2. The molecule has 2 aliphatic rings. The molecule has 44 heavy (non-hydrogen) atoms. The molecule has 10 heteroatoms. The number of aromatic nitrogens is 2. The quantitative estimate of drug-likeness (QED) is 0.128. The Kier molecular flexibility index (Phi) is 10.2. The third kappa shape index (κ3) is 7.37. The minimum absolute atomic E-state index is 0.0469. The van der Waals surface area contributed by atoms with Gasteiger partial charge in [0.2, 0.25) is 0 Å². The second-order valence-electron chi connectivity index (χ2n) is 12.4. The topological polar surface area (TPSA) is 35.0 Å². The maximum Gasteiger partial charge on any atom is 0.432 e. The minimum Gasteiger partial charge on any atom is -0.429 e. The monoisotopic (exact) mass is 622 g/mol. The highest BCUT2D eigenvalue weighted by atomic mass is 19.3. The third-order valence-electron chi connectivity index (χ3n) is 9.48. The van der Waals surface area contributed by atoms with Crippen LogP contribution in [0, 0.1) is 46.8 Å². The predicted molar refractivity (Wildman–Crippen MR) is 153 cm³/mol. The zero-order valence-electron chi connectivity index (χ0n) is 24.7. The molecule has 0 atom stereocenters. The molecule has 0 bridgehead atoms. The van der Waals surface area contributed by atoms with Crippen LogP contribution in [-0.4, -0.2) is 9.97 Å². The van der Waals surface area contributed by atoms with E-state index in [-0.39, 0.29) is 23.5 Å². The number of ether oxygens (including phenoxy) is 1. The van der Waals surface area contributed by atoms with E-state index in [1.807, 2.05) is 0 Å². The van der Waals surface area contributed by atoms with E-state index in [9.17, 15) is 30.7 Å². The number of nitrogens with zero attached hydrogens (tertiary/aromatic N) is 2. The van der Waals surface area contributed by atoms with Crippen molar-refractivity contribution in [2.75, 3.05) is 0 Å². The molecule has 5 rings (SSSR count). The molecule has 0 saturated heterocycles. The fraction of sp³-hybridized carbons (Fsp3) is 0.529. The number of hydrogen-bond acceptors (Lipinski definition) is 3. The van der Waals surface area contributed by atoms with Crippen molar-refractivity contribution >= 4 is 0 Å². The molecule has 0 N–H and O–H groups in total. The van der Waals surface area contributed by atoms with Gasteiger partial charge in [-0.15, -0.1) is 0 Å². The van der Waals surface area contributed by atoms with E-state index in [4.69, 9.17) is 0 Å². The van der Waals surface area contributed by atoms with E-state index in [0.717, 1.165) is 49.0 Å². The number of rotatable bonds is 10. The SMILES string of the molecule is CCCCCC1CCC(C2CCC(c3cnc(-c4cc(F)c(C(F)(F)Oc5cc(F)c(F)c(F)c5)c(F)c4)nc3)CC2)CC1. The van der Waals surface area contributed by atoms with Gasteiger partial charge < -0.3 is 4.74 Å². The zero-order valence-corrected chi connectivity index (χ0v) is 24.7. The normalized spacial score (nSPS) is 22.6. The molecule has 1 aromatic heterocycles. The molecule has 0 spiro atoms. The molecule has 2 fully saturated rings. The van der Waals surface area contributed by atoms with E-state index >= 15 is 0 Å². The van der Waals surface area contributed by atoms with Crippen LogP contribution < -0.4 is 4.74 Å². The smallest absolute Gasteiger partial charge is 0.429 e. The Bertz CT molecular complexity index is 1370. The number of hydrogen-bond donors (Lipinski definition) is 0. The van der Waals surface area contributed by atoms with Gasteiger partial charge in [-0.05, 0) is 79.9 Å². The average molecular weight is 623 g/mol. The van der Waals surface area contributed by atoms with E-state index in [2.05, 4.69) is 21.6 Å². The van der Waals surface area contributed by atoms with Gasteiger partial charge in [-0.1, -0.05) is 45.4 Å². The molecule has 238 valence electrons. The Balaban J connectivity index is 1.19. The van der Waals surface area contributed by atoms with Gasteiger partial charge in [0.15, 0.2) is 23.3 Å². The summed E-state index contributed by atoms with van der Waals surface area (Å²) in [5.41, 5.74) is -1.01. The molecule has 2 aromatic carbocycles. The highest BCUT2D eigenvalue weighted by Crippen LogP contribution is 2.44. The summed E-state index contributed by atoms with van der Waals surface area (Å²) in [6.07, 6.45) is 13.6. The Morgan fingerprint density at radius 2 is 1.27 bits per heavy atom. The summed E-state index contributed by atoms with van der Waals surface area (Å²) in [5.74, 6) is -7.29. The largest absolute Gasteiger partial charge is 0.432 e. The lowest BCUT2D eigenvalue weighted by atomic mass is 9.68. The Hall–Kier alpha value is -3.17. The molecule has 2 aliphatic carbocycles. The Morgan fingerprint density at radius 3 is 1.82 bits per heavy atom. The van der Waals surface area contributed by atoms with E-state index in [1.165, 1.54) is 51.4 Å². The maximum absolute atomic E-state index is 14.8. The fourth-order valence-corrected chi connectivity index (χ4v) is 7.02. The molecular formula is C34H37F7N2O. The van der Waals surface area contributed by atoms with Crippen LogP contribution in [0.15, 0.2) is 36.7 Å². The van der Waals surface area contributed by atoms with Crippen molar-refractivity contribution in [3.8, 4) is 17.1 Å². The third-order valence-corrected chi connectivity index (χ3v) is 9.48. The lowest BCUT2D eigenvalue weighted by Gasteiger charge is -2.38. The molecule has 0 amide bonds. The van der Waals surface area contributed by atoms with Gasteiger partial charge in [-0.25, -0.2) is 31.9 Å². The summed E-state index contributed by atoms with van der Waals surface area (Å²) in [4.78, 5) is 8.52. The maximum atomic E-state index is 14.8. The lowest BCUT2D eigenvalue weighted by Crippen LogP contribution is -2.25. The average Bonchev–Trinajstić information content (AvgIpc) is 3.00. The molecule has 0 radical (unpaired) electrons. The Labute approximate surface area is 253 Å². The van der Waals surface area contributed by atoms with Crippen molar-refractivity contribution in [2.45, 2.75) is 96.0 Å². The first-order valence-corrected chi connectivity index (χ1v) is 15.6. The summed E-state index contributed by atoms with van der Waals surface area (Å²) < 4.78 is 103. The van der Waals surface area contributed by atoms with Crippen molar-refractivity contribution in [1.82, 2.24) is 9.97 Å². The molecular weight excluding hydrogens is 585 g/mol. The van der Waals surface area contributed by atoms with Crippen LogP contribution in [0.1, 0.15) is 101 Å². The first-order chi connectivity index (χ1) is 21.1. The second kappa shape index (κ2) is 13.9. The zero-order chi connectivity index (χ0) is 31.4. The highest BCUT2D eigenvalue weighted by molar-refractivity contribution is 5.56. The predicted octanol–water partition coefficient (Wildman–Crippen LogP) is 10.6. The van der Waals surface area contributed by atoms with Crippen LogP contribution >= 0.6 is 0 Å². The van der Waals surface area contributed by atoms with Crippen LogP contribution in [-0.2, 0) is 6.11 Å². The molecule has 2 saturated carbocycles. The van der Waals surface area contributed by atoms with Crippen LogP contribution in [0.25, 0.3) is 11.4 Å². The van der Waals surface area contributed by atoms with E-state index < -0.39 is 46.5 Å². The van der Waals surface area contributed by atoms with Crippen molar-refractivity contribution in [3.63, 3.8) is 0 Å². The summed E-state index contributed by atoms with van der Waals surface area (Å²) >= 11 is 0. The van der Waals surface area contributed by atoms with Crippen molar-refractivity contribution < 1.29 is 35.5 Å². The standard InChI is InChI=1S/C34H37F7N2O/c1-2-3-4-5-20-6-8-21(9-7-20)22-10-12-23(13-11-22)25-18-42-33(43-19-25)24-14-27(35)31(28(36)15-24)34(40,41)44-26-16-29(37)32(39)30(38)17-26/h14-23H,2-13H2,1H3. The molecule has 3 aromatic rings. The van der Waals surface area contributed by atoms with Gasteiger partial charge in [0.25, 0.3) is 0 Å². The Morgan fingerprint density at radius 1 is 0.727 bits per heavy atom. The van der Waals surface area contributed by atoms with Crippen LogP contribution in [0.5, 0.6) is 5.75 Å². The summed E-state index contributed by atoms with van der Waals surface area (Å²) in [5, 5.41) is 0. The number of halogens is 7. The first kappa shape index (κ1) is 32.2. The fourth-order valence-electron chi connectivity index (χ4n) is 7.02. The summed E-state index contributed by atoms with van der Waals surface area (Å²) in [7, 11) is 0. The van der Waals surface area contributed by atoms with E-state index in [1.54, 1.807) is 12.4 Å². The second-order valence-corrected chi connectivity index (χ2v) is 12.4. The minimum atomic E-state index is -4.67. The van der Waals surface area contributed by atoms with Crippen molar-refractivity contribution in [3.05, 3.63) is 76.9 Å². The van der Waals surface area contributed by atoms with Gasteiger partial charge in [-0.3, -0.25) is 0 Å². The van der Waals surface area contributed by atoms with Gasteiger partial charge in [0.1, 0.15) is 22.9 Å². The van der Waals surface area contributed by atoms with Crippen LogP contribution in [0.2, 0.25) is 0 Å². The molecule has 3 nitrogen and oxygen atoms in total. The van der Waals surface area contributed by atoms with Crippen LogP contribution in [0.4, 0.5) is 30.7 Å². The first-order valence-electron chi connectivity index (χ1n) is 15.6. The molecule has 1 heterocycles. The molecule has 0 aliphatic heterocycles. The number of benzene rings is 2. The lowest BCUT2D eigenvalue weighted by molar-refractivity contribution is -0.189. The van der Waals surface area contributed by atoms with Gasteiger partial charge in [0, 0.05) is 30.1 Å². The molecule has 0 unspecified atom stereocenters. The van der Waals surface area contributed by atoms with Crippen molar-refractivity contribution in [2.24, 2.45) is 17.8 Å². The highest BCUT2D eigenvalue weighted by Gasteiger charge is 2.42. The van der Waals surface area contributed by atoms with E-state index in [0.29, 0.717) is 18.1 Å². The summed E-state index contributed by atoms with van der Waals surface area (Å²) in [6.45, 7) is 2.25. The number of alkyl halides is 2. The van der Waals surface area contributed by atoms with Gasteiger partial charge >= 0.3 is 6.11 Å². The van der Waals surface area contributed by atoms with Gasteiger partial charge in [-0.2, -0.15) is 8.78 Å². The van der Waals surface area contributed by atoms with Crippen molar-refractivity contribution in [1.29, 1.82) is 0 Å². The summed E-state index contributed by atoms with van der Waals surface area (Å²) in [6, 6.07) is 1.58. The van der Waals surface area contributed by atoms with Crippen LogP contribution in [0.3, 0.4) is 0 Å². The van der Waals surface area contributed by atoms with Gasteiger partial charge in [0.05, 0.1) is 0 Å².